The van der Waals surface area contributed by atoms with Gasteiger partial charge in [0.15, 0.2) is 0 Å². The van der Waals surface area contributed by atoms with Crippen LogP contribution in [-0.2, 0) is 9.47 Å². The van der Waals surface area contributed by atoms with Crippen LogP contribution in [0.15, 0.2) is 0 Å². The number of ether oxygens (including phenoxy) is 2. The molecule has 0 radical (unpaired) electrons. The molecule has 3 nitrogen and oxygen atoms in total. The molecular formula is C10H23NO2. The van der Waals surface area contributed by atoms with Gasteiger partial charge in [-0.15, -0.1) is 0 Å². The molecule has 0 aromatic rings. The van der Waals surface area contributed by atoms with Crippen LogP contribution in [0.2, 0.25) is 0 Å². The highest BCUT2D eigenvalue weighted by atomic mass is 16.5. The Morgan fingerprint density at radius 2 is 1.92 bits per heavy atom. The summed E-state index contributed by atoms with van der Waals surface area (Å²) >= 11 is 0. The summed E-state index contributed by atoms with van der Waals surface area (Å²) in [7, 11) is 1.69. The smallest absolute Gasteiger partial charge is 0.0703 e. The first kappa shape index (κ1) is 12.9. The molecule has 2 unspecified atom stereocenters. The predicted molar refractivity (Wildman–Crippen MR) is 55.0 cm³/mol. The minimum Gasteiger partial charge on any atom is -0.382 e. The van der Waals surface area contributed by atoms with Crippen LogP contribution in [0.4, 0.5) is 0 Å². The Morgan fingerprint density at radius 3 is 2.46 bits per heavy atom. The van der Waals surface area contributed by atoms with Gasteiger partial charge in [0, 0.05) is 13.2 Å². The summed E-state index contributed by atoms with van der Waals surface area (Å²) in [5, 5.41) is 3.36. The van der Waals surface area contributed by atoms with Gasteiger partial charge >= 0.3 is 0 Å². The van der Waals surface area contributed by atoms with E-state index in [2.05, 4.69) is 26.1 Å². The van der Waals surface area contributed by atoms with Crippen molar-refractivity contribution in [2.75, 3.05) is 26.9 Å². The Bertz CT molecular complexity index is 109. The molecule has 0 aromatic carbocycles. The fourth-order valence-corrected chi connectivity index (χ4v) is 1.33. The van der Waals surface area contributed by atoms with Crippen LogP contribution in [0.5, 0.6) is 0 Å². The lowest BCUT2D eigenvalue weighted by Gasteiger charge is -2.18. The summed E-state index contributed by atoms with van der Waals surface area (Å²) < 4.78 is 10.4. The van der Waals surface area contributed by atoms with E-state index in [1.165, 1.54) is 0 Å². The van der Waals surface area contributed by atoms with Crippen LogP contribution < -0.4 is 5.32 Å². The van der Waals surface area contributed by atoms with Gasteiger partial charge in [-0.2, -0.15) is 0 Å². The lowest BCUT2D eigenvalue weighted by Crippen LogP contribution is -2.30. The highest BCUT2D eigenvalue weighted by Gasteiger charge is 2.07. The molecule has 3 heteroatoms. The van der Waals surface area contributed by atoms with Crippen LogP contribution in [0.3, 0.4) is 0 Å². The van der Waals surface area contributed by atoms with Crippen molar-refractivity contribution in [1.82, 2.24) is 5.32 Å². The third kappa shape index (κ3) is 8.22. The number of methoxy groups -OCH3 is 1. The molecule has 0 aliphatic rings. The lowest BCUT2D eigenvalue weighted by atomic mass is 10.1. The molecule has 0 bridgehead atoms. The molecule has 1 N–H and O–H groups in total. The summed E-state index contributed by atoms with van der Waals surface area (Å²) in [6.07, 6.45) is 1.36. The maximum absolute atomic E-state index is 5.53. The molecule has 0 aliphatic heterocycles. The lowest BCUT2D eigenvalue weighted by molar-refractivity contribution is 0.0188. The molecule has 0 rings (SSSR count). The maximum atomic E-state index is 5.53. The van der Waals surface area contributed by atoms with Crippen molar-refractivity contribution in [3.63, 3.8) is 0 Å². The molecule has 0 heterocycles. The van der Waals surface area contributed by atoms with Crippen molar-refractivity contribution < 1.29 is 9.47 Å². The fourth-order valence-electron chi connectivity index (χ4n) is 1.33. The minimum atomic E-state index is 0.309. The first-order chi connectivity index (χ1) is 6.20. The van der Waals surface area contributed by atoms with Crippen LogP contribution in [-0.4, -0.2) is 39.0 Å². The third-order valence-electron chi connectivity index (χ3n) is 1.93. The van der Waals surface area contributed by atoms with Crippen molar-refractivity contribution in [1.29, 1.82) is 0 Å². The largest absolute Gasteiger partial charge is 0.382 e. The van der Waals surface area contributed by atoms with E-state index in [4.69, 9.17) is 9.47 Å². The van der Waals surface area contributed by atoms with E-state index in [0.29, 0.717) is 25.4 Å². The zero-order valence-electron chi connectivity index (χ0n) is 9.30. The predicted octanol–water partition coefficient (Wildman–Crippen LogP) is 1.43. The molecule has 0 aromatic heterocycles. The van der Waals surface area contributed by atoms with Crippen LogP contribution >= 0.6 is 0 Å². The molecule has 0 saturated carbocycles. The first-order valence-electron chi connectivity index (χ1n) is 5.04. The number of nitrogens with one attached hydrogen (secondary N) is 1. The van der Waals surface area contributed by atoms with Crippen molar-refractivity contribution >= 4 is 0 Å². The number of hydrogen-bond donors (Lipinski definition) is 1. The van der Waals surface area contributed by atoms with Gasteiger partial charge in [-0.05, 0) is 26.8 Å². The summed E-state index contributed by atoms with van der Waals surface area (Å²) in [4.78, 5) is 0. The Balaban J connectivity index is 3.32. The monoisotopic (exact) mass is 189 g/mol. The van der Waals surface area contributed by atoms with Gasteiger partial charge in [0.05, 0.1) is 19.3 Å². The van der Waals surface area contributed by atoms with Crippen LogP contribution in [0, 0.1) is 0 Å². The zero-order valence-corrected chi connectivity index (χ0v) is 9.30. The summed E-state index contributed by atoms with van der Waals surface area (Å²) in [6, 6.07) is 0.530. The van der Waals surface area contributed by atoms with Gasteiger partial charge in [-0.25, -0.2) is 0 Å². The average molecular weight is 189 g/mol. The van der Waals surface area contributed by atoms with Gasteiger partial charge in [0.2, 0.25) is 0 Å². The van der Waals surface area contributed by atoms with Gasteiger partial charge in [0.25, 0.3) is 0 Å². The van der Waals surface area contributed by atoms with Crippen molar-refractivity contribution in [3.05, 3.63) is 0 Å². The van der Waals surface area contributed by atoms with Crippen molar-refractivity contribution in [2.45, 2.75) is 39.3 Å². The van der Waals surface area contributed by atoms with Gasteiger partial charge < -0.3 is 14.8 Å². The van der Waals surface area contributed by atoms with E-state index in [-0.39, 0.29) is 0 Å². The summed E-state index contributed by atoms with van der Waals surface area (Å²) in [5.74, 6) is 0. The van der Waals surface area contributed by atoms with E-state index < -0.39 is 0 Å². The molecule has 0 amide bonds. The van der Waals surface area contributed by atoms with E-state index in [1.54, 1.807) is 7.11 Å². The van der Waals surface area contributed by atoms with Crippen LogP contribution in [0.25, 0.3) is 0 Å². The second-order valence-corrected chi connectivity index (χ2v) is 3.37. The Hall–Kier alpha value is -0.120. The SMILES string of the molecule is CCNC(C)CC(C)OCCOC. The highest BCUT2D eigenvalue weighted by molar-refractivity contribution is 4.63. The summed E-state index contributed by atoms with van der Waals surface area (Å²) in [6.45, 7) is 8.79. The van der Waals surface area contributed by atoms with Crippen LogP contribution in [0.1, 0.15) is 27.2 Å². The van der Waals surface area contributed by atoms with E-state index in [1.807, 2.05) is 0 Å². The first-order valence-corrected chi connectivity index (χ1v) is 5.04. The molecule has 2 atom stereocenters. The molecule has 0 aliphatic carbocycles. The van der Waals surface area contributed by atoms with Gasteiger partial charge in [-0.1, -0.05) is 6.92 Å². The molecular weight excluding hydrogens is 166 g/mol. The minimum absolute atomic E-state index is 0.309. The Labute approximate surface area is 81.8 Å². The second kappa shape index (κ2) is 8.48. The molecule has 0 fully saturated rings. The number of hydrogen-bond acceptors (Lipinski definition) is 3. The zero-order chi connectivity index (χ0) is 10.1. The molecule has 0 saturated heterocycles. The molecule has 80 valence electrons. The Morgan fingerprint density at radius 1 is 1.23 bits per heavy atom. The average Bonchev–Trinajstić information content (AvgIpc) is 2.05. The van der Waals surface area contributed by atoms with E-state index in [9.17, 15) is 0 Å². The normalized spacial score (nSPS) is 15.7. The summed E-state index contributed by atoms with van der Waals surface area (Å²) in [5.41, 5.74) is 0. The maximum Gasteiger partial charge on any atom is 0.0703 e. The van der Waals surface area contributed by atoms with Gasteiger partial charge in [0.1, 0.15) is 0 Å². The van der Waals surface area contributed by atoms with E-state index >= 15 is 0 Å². The topological polar surface area (TPSA) is 30.5 Å². The van der Waals surface area contributed by atoms with Crippen molar-refractivity contribution in [2.24, 2.45) is 0 Å². The molecule has 13 heavy (non-hydrogen) atoms. The third-order valence-corrected chi connectivity index (χ3v) is 1.93. The fraction of sp³-hybridized carbons (Fsp3) is 1.00. The van der Waals surface area contributed by atoms with Gasteiger partial charge in [-0.3, -0.25) is 0 Å². The van der Waals surface area contributed by atoms with Crippen molar-refractivity contribution in [3.8, 4) is 0 Å². The standard InChI is InChI=1S/C10H23NO2/c1-5-11-9(2)8-10(3)13-7-6-12-4/h9-11H,5-8H2,1-4H3. The van der Waals surface area contributed by atoms with E-state index in [0.717, 1.165) is 13.0 Å². The Kier molecular flexibility index (Phi) is 8.40. The highest BCUT2D eigenvalue weighted by Crippen LogP contribution is 2.01. The molecule has 0 spiro atoms. The second-order valence-electron chi connectivity index (χ2n) is 3.37. The quantitative estimate of drug-likeness (QED) is 0.586. The number of rotatable bonds is 8.